The van der Waals surface area contributed by atoms with Gasteiger partial charge in [-0.2, -0.15) is 0 Å². The van der Waals surface area contributed by atoms with Crippen LogP contribution in [0.25, 0.3) is 0 Å². The first kappa shape index (κ1) is 13.3. The Morgan fingerprint density at radius 3 is 3.00 bits per heavy atom. The van der Waals surface area contributed by atoms with Gasteiger partial charge in [0.15, 0.2) is 0 Å². The van der Waals surface area contributed by atoms with E-state index < -0.39 is 0 Å². The zero-order chi connectivity index (χ0) is 11.9. The first-order chi connectivity index (χ1) is 8.40. The summed E-state index contributed by atoms with van der Waals surface area (Å²) < 4.78 is 5.33. The molecule has 2 N–H and O–H groups in total. The highest BCUT2D eigenvalue weighted by atomic mass is 16.5. The summed E-state index contributed by atoms with van der Waals surface area (Å²) in [7, 11) is 0. The molecule has 0 aromatic rings. The van der Waals surface area contributed by atoms with Crippen molar-refractivity contribution in [2.24, 2.45) is 0 Å². The fourth-order valence-corrected chi connectivity index (χ4v) is 2.84. The largest absolute Gasteiger partial charge is 0.395 e. The van der Waals surface area contributed by atoms with Crippen molar-refractivity contribution in [3.63, 3.8) is 0 Å². The highest BCUT2D eigenvalue weighted by Crippen LogP contribution is 2.16. The molecule has 2 rings (SSSR count). The molecule has 4 nitrogen and oxygen atoms in total. The summed E-state index contributed by atoms with van der Waals surface area (Å²) in [6.45, 7) is 5.56. The van der Waals surface area contributed by atoms with Gasteiger partial charge in [-0.05, 0) is 51.7 Å². The van der Waals surface area contributed by atoms with Crippen LogP contribution in [-0.4, -0.2) is 61.5 Å². The minimum atomic E-state index is 0.331. The molecule has 0 aliphatic carbocycles. The van der Waals surface area contributed by atoms with Gasteiger partial charge in [0.1, 0.15) is 0 Å². The van der Waals surface area contributed by atoms with Crippen molar-refractivity contribution < 1.29 is 9.84 Å². The second-order valence-corrected chi connectivity index (χ2v) is 5.24. The number of aliphatic hydroxyl groups is 1. The van der Waals surface area contributed by atoms with Crippen LogP contribution in [0.5, 0.6) is 0 Å². The van der Waals surface area contributed by atoms with Crippen molar-refractivity contribution in [2.45, 2.75) is 44.2 Å². The number of nitrogens with zero attached hydrogens (tertiary/aromatic N) is 1. The van der Waals surface area contributed by atoms with Crippen LogP contribution in [0.2, 0.25) is 0 Å². The highest BCUT2D eigenvalue weighted by molar-refractivity contribution is 4.78. The van der Waals surface area contributed by atoms with Gasteiger partial charge in [-0.3, -0.25) is 4.90 Å². The van der Waals surface area contributed by atoms with E-state index in [0.29, 0.717) is 18.7 Å². The maximum Gasteiger partial charge on any atom is 0.0620 e. The molecule has 0 spiro atoms. The number of aliphatic hydroxyl groups excluding tert-OH is 1. The lowest BCUT2D eigenvalue weighted by Gasteiger charge is -2.22. The number of hydrogen-bond acceptors (Lipinski definition) is 4. The summed E-state index contributed by atoms with van der Waals surface area (Å²) in [4.78, 5) is 2.44. The topological polar surface area (TPSA) is 44.7 Å². The third-order valence-corrected chi connectivity index (χ3v) is 3.94. The van der Waals surface area contributed by atoms with Crippen molar-refractivity contribution in [1.82, 2.24) is 10.2 Å². The van der Waals surface area contributed by atoms with Gasteiger partial charge >= 0.3 is 0 Å². The predicted octanol–water partition coefficient (Wildman–Crippen LogP) is 0.602. The predicted molar refractivity (Wildman–Crippen MR) is 68.1 cm³/mol. The van der Waals surface area contributed by atoms with E-state index in [9.17, 15) is 5.11 Å². The Morgan fingerprint density at radius 1 is 1.29 bits per heavy atom. The monoisotopic (exact) mass is 242 g/mol. The molecule has 0 saturated carbocycles. The van der Waals surface area contributed by atoms with Crippen LogP contribution >= 0.6 is 0 Å². The molecule has 4 heteroatoms. The van der Waals surface area contributed by atoms with E-state index in [2.05, 4.69) is 10.2 Å². The van der Waals surface area contributed by atoms with Crippen molar-refractivity contribution in [1.29, 1.82) is 0 Å². The van der Waals surface area contributed by atoms with Gasteiger partial charge in [0.25, 0.3) is 0 Å². The third kappa shape index (κ3) is 4.21. The van der Waals surface area contributed by atoms with E-state index in [0.717, 1.165) is 26.3 Å². The summed E-state index contributed by atoms with van der Waals surface area (Å²) >= 11 is 0. The molecule has 0 bridgehead atoms. The van der Waals surface area contributed by atoms with Gasteiger partial charge < -0.3 is 15.2 Å². The summed E-state index contributed by atoms with van der Waals surface area (Å²) in [5, 5.41) is 12.8. The van der Waals surface area contributed by atoms with Crippen molar-refractivity contribution in [3.05, 3.63) is 0 Å². The molecule has 2 saturated heterocycles. The molecule has 2 aliphatic rings. The number of likely N-dealkylation sites (tertiary alicyclic amines) is 1. The first-order valence-electron chi connectivity index (χ1n) is 7.06. The van der Waals surface area contributed by atoms with E-state index in [1.807, 2.05) is 0 Å². The van der Waals surface area contributed by atoms with Crippen LogP contribution in [0.3, 0.4) is 0 Å². The Morgan fingerprint density at radius 2 is 2.24 bits per heavy atom. The summed E-state index contributed by atoms with van der Waals surface area (Å²) in [6, 6.07) is 1.03. The zero-order valence-corrected chi connectivity index (χ0v) is 10.7. The van der Waals surface area contributed by atoms with Crippen LogP contribution in [0.15, 0.2) is 0 Å². The molecular weight excluding hydrogens is 216 g/mol. The Bertz CT molecular complexity index is 208. The van der Waals surface area contributed by atoms with Gasteiger partial charge in [-0.25, -0.2) is 0 Å². The van der Waals surface area contributed by atoms with Crippen LogP contribution < -0.4 is 5.32 Å². The fraction of sp³-hybridized carbons (Fsp3) is 1.00. The van der Waals surface area contributed by atoms with E-state index >= 15 is 0 Å². The second-order valence-electron chi connectivity index (χ2n) is 5.24. The van der Waals surface area contributed by atoms with Gasteiger partial charge in [0.05, 0.1) is 13.2 Å². The molecule has 2 heterocycles. The molecule has 2 unspecified atom stereocenters. The lowest BCUT2D eigenvalue weighted by molar-refractivity contribution is 0.157. The van der Waals surface area contributed by atoms with Gasteiger partial charge in [0.2, 0.25) is 0 Å². The molecule has 0 aromatic heterocycles. The van der Waals surface area contributed by atoms with E-state index in [1.54, 1.807) is 0 Å². The second kappa shape index (κ2) is 7.31. The van der Waals surface area contributed by atoms with Crippen LogP contribution in [0.4, 0.5) is 0 Å². The third-order valence-electron chi connectivity index (χ3n) is 3.94. The minimum Gasteiger partial charge on any atom is -0.395 e. The average molecular weight is 242 g/mol. The standard InChI is InChI=1S/C13H26N2O2/c16-10-13-4-3-8-15(13)7-2-1-6-14-12-5-9-17-11-12/h12-14,16H,1-11H2. The van der Waals surface area contributed by atoms with Crippen molar-refractivity contribution in [2.75, 3.05) is 39.5 Å². The molecule has 0 amide bonds. The Kier molecular flexibility index (Phi) is 5.71. The normalized spacial score (nSPS) is 30.2. The molecule has 0 radical (unpaired) electrons. The van der Waals surface area contributed by atoms with Crippen molar-refractivity contribution in [3.8, 4) is 0 Å². The maximum atomic E-state index is 9.21. The molecule has 100 valence electrons. The number of hydrogen-bond donors (Lipinski definition) is 2. The minimum absolute atomic E-state index is 0.331. The Hall–Kier alpha value is -0.160. The molecule has 2 atom stereocenters. The van der Waals surface area contributed by atoms with E-state index in [1.165, 1.54) is 38.6 Å². The number of ether oxygens (including phenoxy) is 1. The van der Waals surface area contributed by atoms with Gasteiger partial charge in [0, 0.05) is 18.7 Å². The van der Waals surface area contributed by atoms with Gasteiger partial charge in [-0.1, -0.05) is 0 Å². The number of unbranched alkanes of at least 4 members (excludes halogenated alkanes) is 1. The molecule has 17 heavy (non-hydrogen) atoms. The van der Waals surface area contributed by atoms with E-state index in [4.69, 9.17) is 4.74 Å². The first-order valence-corrected chi connectivity index (χ1v) is 7.06. The zero-order valence-electron chi connectivity index (χ0n) is 10.7. The van der Waals surface area contributed by atoms with E-state index in [-0.39, 0.29) is 0 Å². The quantitative estimate of drug-likeness (QED) is 0.642. The average Bonchev–Trinajstić information content (AvgIpc) is 2.98. The van der Waals surface area contributed by atoms with Crippen LogP contribution in [0, 0.1) is 0 Å². The molecular formula is C13H26N2O2. The maximum absolute atomic E-state index is 9.21. The Balaban J connectivity index is 1.48. The summed E-state index contributed by atoms with van der Waals surface area (Å²) in [5.41, 5.74) is 0. The van der Waals surface area contributed by atoms with Gasteiger partial charge in [-0.15, -0.1) is 0 Å². The summed E-state index contributed by atoms with van der Waals surface area (Å²) in [5.74, 6) is 0. The Labute approximate surface area is 104 Å². The SMILES string of the molecule is OCC1CCCN1CCCCNC1CCOC1. The number of rotatable bonds is 7. The fourth-order valence-electron chi connectivity index (χ4n) is 2.84. The smallest absolute Gasteiger partial charge is 0.0620 e. The number of nitrogens with one attached hydrogen (secondary N) is 1. The van der Waals surface area contributed by atoms with Crippen LogP contribution in [0.1, 0.15) is 32.1 Å². The highest BCUT2D eigenvalue weighted by Gasteiger charge is 2.22. The molecule has 0 aromatic carbocycles. The molecule has 2 aliphatic heterocycles. The lowest BCUT2D eigenvalue weighted by Crippen LogP contribution is -2.34. The lowest BCUT2D eigenvalue weighted by atomic mass is 10.2. The molecule has 2 fully saturated rings. The van der Waals surface area contributed by atoms with Crippen molar-refractivity contribution >= 4 is 0 Å². The van der Waals surface area contributed by atoms with Crippen LogP contribution in [-0.2, 0) is 4.74 Å². The summed E-state index contributed by atoms with van der Waals surface area (Å²) in [6.07, 6.45) is 6.05.